The van der Waals surface area contributed by atoms with Crippen LogP contribution in [0.4, 0.5) is 5.69 Å². The van der Waals surface area contributed by atoms with Crippen LogP contribution in [0.3, 0.4) is 0 Å². The molecule has 1 aromatic rings. The Labute approximate surface area is 108 Å². The lowest BCUT2D eigenvalue weighted by Crippen LogP contribution is -2.21. The minimum absolute atomic E-state index is 0.0534. The van der Waals surface area contributed by atoms with Gasteiger partial charge in [0.15, 0.2) is 0 Å². The van der Waals surface area contributed by atoms with E-state index in [1.54, 1.807) is 5.01 Å². The maximum Gasteiger partial charge on any atom is 0.253 e. The molecule has 1 aromatic carbocycles. The van der Waals surface area contributed by atoms with Crippen LogP contribution >= 0.6 is 0 Å². The molecule has 0 aromatic heterocycles. The zero-order valence-corrected chi connectivity index (χ0v) is 11.7. The molecule has 0 bridgehead atoms. The SMILES string of the molecule is Cc1ccc(C)c(N2N=C(C(C)(C)C)CC2=O)c1. The van der Waals surface area contributed by atoms with Gasteiger partial charge >= 0.3 is 0 Å². The van der Waals surface area contributed by atoms with Gasteiger partial charge in [0.1, 0.15) is 0 Å². The van der Waals surface area contributed by atoms with Crippen molar-refractivity contribution in [1.29, 1.82) is 0 Å². The van der Waals surface area contributed by atoms with Crippen LogP contribution in [0.1, 0.15) is 38.3 Å². The standard InChI is InChI=1S/C15H20N2O/c1-10-6-7-11(2)12(8-10)17-14(18)9-13(16-17)15(3,4)5/h6-8H,9H2,1-5H3. The maximum atomic E-state index is 12.1. The Kier molecular flexibility index (Phi) is 3.01. The van der Waals surface area contributed by atoms with Gasteiger partial charge in [0.25, 0.3) is 5.91 Å². The Balaban J connectivity index is 2.42. The molecule has 96 valence electrons. The fraction of sp³-hybridized carbons (Fsp3) is 0.467. The van der Waals surface area contributed by atoms with Crippen molar-refractivity contribution in [3.05, 3.63) is 29.3 Å². The predicted molar refractivity (Wildman–Crippen MR) is 74.9 cm³/mol. The lowest BCUT2D eigenvalue weighted by atomic mass is 9.88. The van der Waals surface area contributed by atoms with Crippen molar-refractivity contribution in [3.63, 3.8) is 0 Å². The van der Waals surface area contributed by atoms with Crippen LogP contribution in [0.15, 0.2) is 23.3 Å². The number of rotatable bonds is 1. The van der Waals surface area contributed by atoms with Crippen molar-refractivity contribution in [3.8, 4) is 0 Å². The Morgan fingerprint density at radius 1 is 1.22 bits per heavy atom. The Morgan fingerprint density at radius 2 is 1.89 bits per heavy atom. The van der Waals surface area contributed by atoms with E-state index in [2.05, 4.69) is 25.9 Å². The number of carbonyl (C=O) groups excluding carboxylic acids is 1. The Hall–Kier alpha value is -1.64. The Morgan fingerprint density at radius 3 is 2.44 bits per heavy atom. The van der Waals surface area contributed by atoms with E-state index in [0.29, 0.717) is 6.42 Å². The molecule has 1 heterocycles. The van der Waals surface area contributed by atoms with E-state index in [1.165, 1.54) is 0 Å². The van der Waals surface area contributed by atoms with E-state index in [4.69, 9.17) is 0 Å². The van der Waals surface area contributed by atoms with Gasteiger partial charge in [-0.05, 0) is 31.0 Å². The molecule has 0 atom stereocenters. The van der Waals surface area contributed by atoms with Crippen molar-refractivity contribution >= 4 is 17.3 Å². The summed E-state index contributed by atoms with van der Waals surface area (Å²) in [6.45, 7) is 10.3. The molecule has 0 N–H and O–H groups in total. The lowest BCUT2D eigenvalue weighted by molar-refractivity contribution is -0.116. The summed E-state index contributed by atoms with van der Waals surface area (Å²) in [4.78, 5) is 12.1. The van der Waals surface area contributed by atoms with E-state index >= 15 is 0 Å². The number of aryl methyl sites for hydroxylation is 2. The highest BCUT2D eigenvalue weighted by atomic mass is 16.2. The molecule has 1 aliphatic rings. The van der Waals surface area contributed by atoms with Crippen molar-refractivity contribution in [2.24, 2.45) is 10.5 Å². The zero-order valence-electron chi connectivity index (χ0n) is 11.7. The molecule has 2 rings (SSSR count). The highest BCUT2D eigenvalue weighted by Gasteiger charge is 2.32. The maximum absolute atomic E-state index is 12.1. The van der Waals surface area contributed by atoms with Crippen molar-refractivity contribution in [2.45, 2.75) is 41.0 Å². The highest BCUT2D eigenvalue weighted by Crippen LogP contribution is 2.30. The van der Waals surface area contributed by atoms with Gasteiger partial charge in [-0.25, -0.2) is 5.01 Å². The van der Waals surface area contributed by atoms with Gasteiger partial charge in [-0.2, -0.15) is 5.10 Å². The molecule has 0 aliphatic carbocycles. The Bertz CT molecular complexity index is 524. The third kappa shape index (κ3) is 2.30. The van der Waals surface area contributed by atoms with Crippen LogP contribution in [0.2, 0.25) is 0 Å². The molecular formula is C15H20N2O. The fourth-order valence-corrected chi connectivity index (χ4v) is 1.98. The summed E-state index contributed by atoms with van der Waals surface area (Å²) >= 11 is 0. The van der Waals surface area contributed by atoms with Gasteiger partial charge in [0.2, 0.25) is 0 Å². The number of nitrogens with zero attached hydrogens (tertiary/aromatic N) is 2. The number of hydrogen-bond acceptors (Lipinski definition) is 2. The average Bonchev–Trinajstić information content (AvgIpc) is 2.64. The smallest absolute Gasteiger partial charge is 0.253 e. The monoisotopic (exact) mass is 244 g/mol. The van der Waals surface area contributed by atoms with E-state index < -0.39 is 0 Å². The van der Waals surface area contributed by atoms with Crippen LogP contribution in [-0.2, 0) is 4.79 Å². The second-order valence-corrected chi connectivity index (χ2v) is 5.97. The molecule has 18 heavy (non-hydrogen) atoms. The minimum Gasteiger partial charge on any atom is -0.272 e. The first-order chi connectivity index (χ1) is 8.29. The summed E-state index contributed by atoms with van der Waals surface area (Å²) in [7, 11) is 0. The quantitative estimate of drug-likeness (QED) is 0.744. The summed E-state index contributed by atoms with van der Waals surface area (Å²) in [5, 5.41) is 6.07. The summed E-state index contributed by atoms with van der Waals surface area (Å²) in [5.74, 6) is 0.0635. The minimum atomic E-state index is -0.0534. The first-order valence-electron chi connectivity index (χ1n) is 6.27. The van der Waals surface area contributed by atoms with Gasteiger partial charge in [0.05, 0.1) is 17.8 Å². The fourth-order valence-electron chi connectivity index (χ4n) is 1.98. The third-order valence-electron chi connectivity index (χ3n) is 3.23. The second kappa shape index (κ2) is 4.23. The lowest BCUT2D eigenvalue weighted by Gasteiger charge is -2.17. The van der Waals surface area contributed by atoms with E-state index in [0.717, 1.165) is 22.5 Å². The number of anilines is 1. The topological polar surface area (TPSA) is 32.7 Å². The van der Waals surface area contributed by atoms with Crippen LogP contribution in [-0.4, -0.2) is 11.6 Å². The first kappa shape index (κ1) is 12.8. The molecule has 3 heteroatoms. The number of carbonyl (C=O) groups is 1. The molecule has 1 aliphatic heterocycles. The summed E-state index contributed by atoms with van der Waals surface area (Å²) < 4.78 is 0. The molecule has 0 saturated heterocycles. The van der Waals surface area contributed by atoms with Crippen LogP contribution in [0.25, 0.3) is 0 Å². The van der Waals surface area contributed by atoms with E-state index in [1.807, 2.05) is 32.0 Å². The molecule has 0 unspecified atom stereocenters. The molecule has 1 amide bonds. The number of amides is 1. The molecular weight excluding hydrogens is 224 g/mol. The molecule has 0 radical (unpaired) electrons. The number of hydrogen-bond donors (Lipinski definition) is 0. The van der Waals surface area contributed by atoms with Gasteiger partial charge < -0.3 is 0 Å². The average molecular weight is 244 g/mol. The van der Waals surface area contributed by atoms with Crippen LogP contribution in [0, 0.1) is 19.3 Å². The van der Waals surface area contributed by atoms with Crippen LogP contribution < -0.4 is 5.01 Å². The molecule has 0 fully saturated rings. The van der Waals surface area contributed by atoms with Crippen LogP contribution in [0.5, 0.6) is 0 Å². The number of benzene rings is 1. The van der Waals surface area contributed by atoms with Crippen molar-refractivity contribution in [2.75, 3.05) is 5.01 Å². The molecule has 3 nitrogen and oxygen atoms in total. The van der Waals surface area contributed by atoms with Crippen molar-refractivity contribution < 1.29 is 4.79 Å². The first-order valence-corrected chi connectivity index (χ1v) is 6.27. The van der Waals surface area contributed by atoms with E-state index in [9.17, 15) is 4.79 Å². The largest absolute Gasteiger partial charge is 0.272 e. The molecule has 0 spiro atoms. The second-order valence-electron chi connectivity index (χ2n) is 5.97. The van der Waals surface area contributed by atoms with Gasteiger partial charge in [-0.1, -0.05) is 32.9 Å². The summed E-state index contributed by atoms with van der Waals surface area (Å²) in [5.41, 5.74) is 4.02. The van der Waals surface area contributed by atoms with Gasteiger partial charge in [-0.3, -0.25) is 4.79 Å². The van der Waals surface area contributed by atoms with E-state index in [-0.39, 0.29) is 11.3 Å². The zero-order chi connectivity index (χ0) is 13.5. The number of hydrazone groups is 1. The third-order valence-corrected chi connectivity index (χ3v) is 3.23. The van der Waals surface area contributed by atoms with Crippen molar-refractivity contribution in [1.82, 2.24) is 0 Å². The normalized spacial score (nSPS) is 16.2. The van der Waals surface area contributed by atoms with Gasteiger partial charge in [0, 0.05) is 5.41 Å². The molecule has 0 saturated carbocycles. The summed E-state index contributed by atoms with van der Waals surface area (Å²) in [6.07, 6.45) is 0.427. The summed E-state index contributed by atoms with van der Waals surface area (Å²) in [6, 6.07) is 6.10. The van der Waals surface area contributed by atoms with Gasteiger partial charge in [-0.15, -0.1) is 0 Å². The highest BCUT2D eigenvalue weighted by molar-refractivity contribution is 6.14. The predicted octanol–water partition coefficient (Wildman–Crippen LogP) is 3.44.